The summed E-state index contributed by atoms with van der Waals surface area (Å²) in [6.45, 7) is 4.61. The third-order valence-corrected chi connectivity index (χ3v) is 5.38. The van der Waals surface area contributed by atoms with Crippen LogP contribution in [0.15, 0.2) is 54.7 Å². The Morgan fingerprint density at radius 3 is 2.61 bits per heavy atom. The van der Waals surface area contributed by atoms with Gasteiger partial charge in [0.1, 0.15) is 5.52 Å². The fraction of sp³-hybridized carbons (Fsp3) is 0.273. The normalized spacial score (nSPS) is 15.6. The molecular weight excluding hydrogens is 374 g/mol. The molecule has 0 aliphatic carbocycles. The summed E-state index contributed by atoms with van der Waals surface area (Å²) < 4.78 is 5.87. The lowest BCUT2D eigenvalue weighted by Gasteiger charge is -2.32. The Morgan fingerprint density at radius 1 is 1.11 bits per heavy atom. The minimum Gasteiger partial charge on any atom is -0.420 e. The zero-order chi connectivity index (χ0) is 19.5. The van der Waals surface area contributed by atoms with E-state index in [1.54, 1.807) is 18.3 Å². The molecule has 1 saturated heterocycles. The maximum absolute atomic E-state index is 12.7. The predicted octanol–water partition coefficient (Wildman–Crippen LogP) is 3.85. The zero-order valence-electron chi connectivity index (χ0n) is 15.8. The van der Waals surface area contributed by atoms with Crippen LogP contribution in [0.25, 0.3) is 10.9 Å². The minimum atomic E-state index is -0.394. The summed E-state index contributed by atoms with van der Waals surface area (Å²) in [6.07, 6.45) is 1.69. The first kappa shape index (κ1) is 18.9. The fourth-order valence-electron chi connectivity index (χ4n) is 3.43. The second-order valence-corrected chi connectivity index (χ2v) is 7.49. The summed E-state index contributed by atoms with van der Waals surface area (Å²) in [5.74, 6) is 0.0993. The Morgan fingerprint density at radius 2 is 1.86 bits per heavy atom. The molecule has 0 radical (unpaired) electrons. The number of hydrogen-bond acceptors (Lipinski definition) is 5. The Bertz CT molecular complexity index is 986. The number of likely N-dealkylation sites (N-methyl/N-ethyl adjacent to an activating group) is 1. The summed E-state index contributed by atoms with van der Waals surface area (Å²) in [5, 5.41) is 1.40. The first-order chi connectivity index (χ1) is 13.6. The molecule has 144 valence electrons. The number of benzene rings is 2. The summed E-state index contributed by atoms with van der Waals surface area (Å²) in [6, 6.07) is 14.6. The van der Waals surface area contributed by atoms with Crippen molar-refractivity contribution in [2.24, 2.45) is 0 Å². The zero-order valence-corrected chi connectivity index (χ0v) is 16.5. The van der Waals surface area contributed by atoms with Crippen LogP contribution in [-0.4, -0.2) is 54.0 Å². The van der Waals surface area contributed by atoms with Crippen molar-refractivity contribution in [3.05, 3.63) is 70.9 Å². The monoisotopic (exact) mass is 395 g/mol. The smallest absolute Gasteiger partial charge is 0.343 e. The first-order valence-corrected chi connectivity index (χ1v) is 9.74. The van der Waals surface area contributed by atoms with Gasteiger partial charge in [-0.25, -0.2) is 4.79 Å². The van der Waals surface area contributed by atoms with Gasteiger partial charge in [-0.2, -0.15) is 0 Å². The molecule has 2 aromatic carbocycles. The van der Waals surface area contributed by atoms with E-state index < -0.39 is 5.97 Å². The van der Waals surface area contributed by atoms with Crippen LogP contribution in [0.5, 0.6) is 5.75 Å². The van der Waals surface area contributed by atoms with Gasteiger partial charge in [0.2, 0.25) is 0 Å². The number of nitrogens with zero attached hydrogens (tertiary/aromatic N) is 3. The van der Waals surface area contributed by atoms with E-state index in [4.69, 9.17) is 16.3 Å². The number of carbonyl (C=O) groups excluding carboxylic acids is 1. The van der Waals surface area contributed by atoms with E-state index in [2.05, 4.69) is 21.8 Å². The Hall–Kier alpha value is -2.47. The number of pyridine rings is 1. The van der Waals surface area contributed by atoms with Gasteiger partial charge < -0.3 is 9.64 Å². The molecule has 3 aromatic rings. The van der Waals surface area contributed by atoms with Gasteiger partial charge in [-0.15, -0.1) is 0 Å². The molecule has 2 heterocycles. The highest BCUT2D eigenvalue weighted by Crippen LogP contribution is 2.35. The van der Waals surface area contributed by atoms with Gasteiger partial charge in [0, 0.05) is 49.9 Å². The van der Waals surface area contributed by atoms with E-state index >= 15 is 0 Å². The molecule has 0 amide bonds. The van der Waals surface area contributed by atoms with Gasteiger partial charge >= 0.3 is 5.97 Å². The molecule has 0 atom stereocenters. The minimum absolute atomic E-state index is 0.394. The predicted molar refractivity (Wildman–Crippen MR) is 111 cm³/mol. The SMILES string of the molecule is CN1CCN(Cc2cc(Cl)c3cccnc3c2OC(=O)c2ccccc2)CC1. The molecule has 0 N–H and O–H groups in total. The Kier molecular flexibility index (Phi) is 5.57. The van der Waals surface area contributed by atoms with E-state index in [1.807, 2.05) is 36.4 Å². The van der Waals surface area contributed by atoms with Crippen LogP contribution in [0, 0.1) is 0 Å². The molecule has 1 fully saturated rings. The summed E-state index contributed by atoms with van der Waals surface area (Å²) in [4.78, 5) is 21.8. The van der Waals surface area contributed by atoms with Crippen molar-refractivity contribution in [2.75, 3.05) is 33.2 Å². The topological polar surface area (TPSA) is 45.7 Å². The molecule has 1 aliphatic heterocycles. The van der Waals surface area contributed by atoms with Crippen LogP contribution in [0.3, 0.4) is 0 Å². The van der Waals surface area contributed by atoms with Crippen molar-refractivity contribution in [1.29, 1.82) is 0 Å². The second-order valence-electron chi connectivity index (χ2n) is 7.08. The van der Waals surface area contributed by atoms with E-state index in [9.17, 15) is 4.79 Å². The first-order valence-electron chi connectivity index (χ1n) is 9.36. The molecule has 6 heteroatoms. The highest BCUT2D eigenvalue weighted by Gasteiger charge is 2.21. The molecule has 28 heavy (non-hydrogen) atoms. The molecule has 4 rings (SSSR count). The van der Waals surface area contributed by atoms with Crippen LogP contribution >= 0.6 is 11.6 Å². The van der Waals surface area contributed by atoms with E-state index in [0.717, 1.165) is 37.1 Å². The van der Waals surface area contributed by atoms with Gasteiger partial charge in [0.05, 0.1) is 10.6 Å². The number of halogens is 1. The number of esters is 1. The van der Waals surface area contributed by atoms with Gasteiger partial charge in [-0.1, -0.05) is 29.8 Å². The van der Waals surface area contributed by atoms with Gasteiger partial charge in [-0.3, -0.25) is 9.88 Å². The molecule has 1 aromatic heterocycles. The standard InChI is InChI=1S/C22H22ClN3O2/c1-25-10-12-26(13-11-25)15-17-14-19(23)18-8-5-9-24-20(18)21(17)28-22(27)16-6-3-2-4-7-16/h2-9,14H,10-13,15H2,1H3. The van der Waals surface area contributed by atoms with Crippen LogP contribution in [0.2, 0.25) is 5.02 Å². The average molecular weight is 396 g/mol. The van der Waals surface area contributed by atoms with E-state index in [0.29, 0.717) is 28.4 Å². The number of hydrogen-bond donors (Lipinski definition) is 0. The van der Waals surface area contributed by atoms with Crippen molar-refractivity contribution < 1.29 is 9.53 Å². The van der Waals surface area contributed by atoms with E-state index in [-0.39, 0.29) is 0 Å². The maximum atomic E-state index is 12.7. The van der Waals surface area contributed by atoms with Crippen LogP contribution in [0.1, 0.15) is 15.9 Å². The van der Waals surface area contributed by atoms with Crippen molar-refractivity contribution in [2.45, 2.75) is 6.54 Å². The van der Waals surface area contributed by atoms with Crippen LogP contribution in [-0.2, 0) is 6.54 Å². The van der Waals surface area contributed by atoms with E-state index in [1.165, 1.54) is 0 Å². The average Bonchev–Trinajstić information content (AvgIpc) is 2.73. The maximum Gasteiger partial charge on any atom is 0.343 e. The third-order valence-electron chi connectivity index (χ3n) is 5.07. The van der Waals surface area contributed by atoms with Crippen LogP contribution in [0.4, 0.5) is 0 Å². The molecular formula is C22H22ClN3O2. The number of aromatic nitrogens is 1. The highest BCUT2D eigenvalue weighted by atomic mass is 35.5. The van der Waals surface area contributed by atoms with Crippen LogP contribution < -0.4 is 4.74 Å². The molecule has 5 nitrogen and oxygen atoms in total. The number of carbonyl (C=O) groups is 1. The quantitative estimate of drug-likeness (QED) is 0.496. The summed E-state index contributed by atoms with van der Waals surface area (Å²) in [7, 11) is 2.13. The molecule has 0 bridgehead atoms. The molecule has 0 unspecified atom stereocenters. The number of rotatable bonds is 4. The second kappa shape index (κ2) is 8.27. The lowest BCUT2D eigenvalue weighted by atomic mass is 10.1. The van der Waals surface area contributed by atoms with Gasteiger partial charge in [-0.05, 0) is 37.4 Å². The fourth-order valence-corrected chi connectivity index (χ4v) is 3.72. The van der Waals surface area contributed by atoms with Gasteiger partial charge in [0.25, 0.3) is 0 Å². The van der Waals surface area contributed by atoms with Crippen molar-refractivity contribution in [3.63, 3.8) is 0 Å². The highest BCUT2D eigenvalue weighted by molar-refractivity contribution is 6.35. The number of ether oxygens (including phenoxy) is 1. The number of fused-ring (bicyclic) bond motifs is 1. The van der Waals surface area contributed by atoms with Crippen molar-refractivity contribution >= 4 is 28.5 Å². The number of piperazine rings is 1. The third kappa shape index (κ3) is 4.02. The Balaban J connectivity index is 1.71. The van der Waals surface area contributed by atoms with Gasteiger partial charge in [0.15, 0.2) is 5.75 Å². The summed E-state index contributed by atoms with van der Waals surface area (Å²) in [5.41, 5.74) is 2.00. The van der Waals surface area contributed by atoms with Crippen molar-refractivity contribution in [3.8, 4) is 5.75 Å². The molecule has 0 saturated carbocycles. The Labute approximate surface area is 169 Å². The largest absolute Gasteiger partial charge is 0.420 e. The lowest BCUT2D eigenvalue weighted by Crippen LogP contribution is -2.43. The van der Waals surface area contributed by atoms with Crippen molar-refractivity contribution in [1.82, 2.24) is 14.8 Å². The summed E-state index contributed by atoms with van der Waals surface area (Å²) >= 11 is 6.52. The molecule has 0 spiro atoms. The lowest BCUT2D eigenvalue weighted by molar-refractivity contribution is 0.0732. The molecule has 1 aliphatic rings.